The molecule has 1 nitrogen and oxygen atoms in total. The van der Waals surface area contributed by atoms with Crippen LogP contribution in [0.3, 0.4) is 0 Å². The Hall–Kier alpha value is 0.920. The molecule has 0 unspecified atom stereocenters. The van der Waals surface area contributed by atoms with Crippen LogP contribution in [-0.2, 0) is 0 Å². The van der Waals surface area contributed by atoms with Crippen molar-refractivity contribution in [2.75, 3.05) is 6.54 Å². The quantitative estimate of drug-likeness (QED) is 0.699. The number of halogens is 2. The van der Waals surface area contributed by atoms with Crippen LogP contribution in [0.5, 0.6) is 0 Å². The highest BCUT2D eigenvalue weighted by atomic mass is 79.9. The Kier molecular flexibility index (Phi) is 12.1. The molecule has 0 radical (unpaired) electrons. The molecule has 0 amide bonds. The number of hydrogen-bond donors (Lipinski definition) is 1. The van der Waals surface area contributed by atoms with Gasteiger partial charge in [-0.05, 0) is 12.0 Å². The molecule has 54 valence electrons. The van der Waals surface area contributed by atoms with E-state index in [-0.39, 0.29) is 34.0 Å². The second-order valence-electron chi connectivity index (χ2n) is 2.76. The number of hydrogen-bond acceptors (Lipinski definition) is 1. The van der Waals surface area contributed by atoms with E-state index in [4.69, 9.17) is 5.73 Å². The van der Waals surface area contributed by atoms with Gasteiger partial charge in [0.1, 0.15) is 0 Å². The summed E-state index contributed by atoms with van der Waals surface area (Å²) in [5, 5.41) is 0. The lowest BCUT2D eigenvalue weighted by Crippen LogP contribution is -2.18. The van der Waals surface area contributed by atoms with Gasteiger partial charge in [-0.3, -0.25) is 0 Å². The minimum atomic E-state index is 0. The highest BCUT2D eigenvalue weighted by molar-refractivity contribution is 8.93. The summed E-state index contributed by atoms with van der Waals surface area (Å²) in [5.41, 5.74) is 5.62. The van der Waals surface area contributed by atoms with Crippen LogP contribution >= 0.6 is 34.0 Å². The molecule has 8 heavy (non-hydrogen) atoms. The van der Waals surface area contributed by atoms with Crippen molar-refractivity contribution in [1.29, 1.82) is 0 Å². The van der Waals surface area contributed by atoms with E-state index in [1.807, 2.05) is 0 Å². The highest BCUT2D eigenvalue weighted by Gasteiger charge is 2.03. The molecule has 0 saturated heterocycles. The van der Waals surface area contributed by atoms with Gasteiger partial charge in [0.05, 0.1) is 0 Å². The third-order valence-corrected chi connectivity index (χ3v) is 0.612. The van der Waals surface area contributed by atoms with Gasteiger partial charge in [0.2, 0.25) is 0 Å². The van der Waals surface area contributed by atoms with Gasteiger partial charge in [-0.1, -0.05) is 20.8 Å². The molecule has 0 bridgehead atoms. The minimum Gasteiger partial charge on any atom is -0.330 e. The molecule has 0 aromatic carbocycles. The summed E-state index contributed by atoms with van der Waals surface area (Å²) in [6.07, 6.45) is 0. The fraction of sp³-hybridized carbons (Fsp3) is 1.00. The summed E-state index contributed by atoms with van der Waals surface area (Å²) >= 11 is 0. The van der Waals surface area contributed by atoms with Crippen LogP contribution in [0, 0.1) is 5.41 Å². The standard InChI is InChI=1S/C5H13N.2BrH/c1-5(2,3)4-6;;/h4,6H2,1-3H3;2*1H. The Labute approximate surface area is 72.6 Å². The van der Waals surface area contributed by atoms with E-state index < -0.39 is 0 Å². The maximum atomic E-state index is 5.31. The smallest absolute Gasteiger partial charge is 0.00285 e. The van der Waals surface area contributed by atoms with Crippen molar-refractivity contribution in [3.63, 3.8) is 0 Å². The zero-order chi connectivity index (χ0) is 5.21. The van der Waals surface area contributed by atoms with Gasteiger partial charge in [-0.25, -0.2) is 0 Å². The van der Waals surface area contributed by atoms with Crippen LogP contribution in [0.1, 0.15) is 20.8 Å². The molecule has 0 aromatic rings. The Morgan fingerprint density at radius 3 is 1.25 bits per heavy atom. The van der Waals surface area contributed by atoms with Crippen molar-refractivity contribution in [3.8, 4) is 0 Å². The molecule has 0 aliphatic rings. The lowest BCUT2D eigenvalue weighted by molar-refractivity contribution is 0.428. The van der Waals surface area contributed by atoms with E-state index in [2.05, 4.69) is 20.8 Å². The Bertz CT molecular complexity index is 40.2. The summed E-state index contributed by atoms with van der Waals surface area (Å²) < 4.78 is 0. The topological polar surface area (TPSA) is 26.0 Å². The van der Waals surface area contributed by atoms with Crippen molar-refractivity contribution < 1.29 is 0 Å². The van der Waals surface area contributed by atoms with Crippen molar-refractivity contribution in [2.24, 2.45) is 11.1 Å². The zero-order valence-corrected chi connectivity index (χ0v) is 9.03. The van der Waals surface area contributed by atoms with Crippen molar-refractivity contribution >= 4 is 34.0 Å². The van der Waals surface area contributed by atoms with Crippen LogP contribution < -0.4 is 5.73 Å². The molecule has 0 fully saturated rings. The van der Waals surface area contributed by atoms with Crippen LogP contribution in [0.15, 0.2) is 0 Å². The molecule has 0 aliphatic carbocycles. The molecule has 2 N–H and O–H groups in total. The lowest BCUT2D eigenvalue weighted by atomic mass is 9.98. The van der Waals surface area contributed by atoms with E-state index in [0.717, 1.165) is 6.54 Å². The summed E-state index contributed by atoms with van der Waals surface area (Å²) in [4.78, 5) is 0. The average Bonchev–Trinajstić information content (AvgIpc) is 1.35. The fourth-order valence-corrected chi connectivity index (χ4v) is 0. The third kappa shape index (κ3) is 15.8. The molecule has 0 rings (SSSR count). The fourth-order valence-electron chi connectivity index (χ4n) is 0. The predicted molar refractivity (Wildman–Crippen MR) is 49.2 cm³/mol. The largest absolute Gasteiger partial charge is 0.330 e. The summed E-state index contributed by atoms with van der Waals surface area (Å²) in [6, 6.07) is 0. The molecular formula is C5H15Br2N. The summed E-state index contributed by atoms with van der Waals surface area (Å²) in [5.74, 6) is 0. The van der Waals surface area contributed by atoms with Crippen LogP contribution in [0.4, 0.5) is 0 Å². The lowest BCUT2D eigenvalue weighted by Gasteiger charge is -2.12. The van der Waals surface area contributed by atoms with Gasteiger partial charge in [-0.15, -0.1) is 34.0 Å². The first-order valence-electron chi connectivity index (χ1n) is 2.26. The summed E-state index contributed by atoms with van der Waals surface area (Å²) in [7, 11) is 0. The first-order valence-corrected chi connectivity index (χ1v) is 2.26. The van der Waals surface area contributed by atoms with Gasteiger partial charge < -0.3 is 5.73 Å². The molecule has 0 atom stereocenters. The molecule has 0 aliphatic heterocycles. The normalized spacial score (nSPS) is 9.00. The first-order chi connectivity index (χ1) is 2.56. The van der Waals surface area contributed by atoms with Crippen molar-refractivity contribution in [3.05, 3.63) is 0 Å². The second kappa shape index (κ2) is 6.05. The highest BCUT2D eigenvalue weighted by Crippen LogP contribution is 2.07. The Morgan fingerprint density at radius 1 is 1.12 bits per heavy atom. The molecule has 0 spiro atoms. The number of nitrogens with two attached hydrogens (primary N) is 1. The average molecular weight is 249 g/mol. The predicted octanol–water partition coefficient (Wildman–Crippen LogP) is 2.15. The van der Waals surface area contributed by atoms with Gasteiger partial charge in [0.15, 0.2) is 0 Å². The molecule has 0 heterocycles. The Morgan fingerprint density at radius 2 is 1.25 bits per heavy atom. The van der Waals surface area contributed by atoms with Gasteiger partial charge >= 0.3 is 0 Å². The van der Waals surface area contributed by atoms with Gasteiger partial charge in [-0.2, -0.15) is 0 Å². The van der Waals surface area contributed by atoms with E-state index >= 15 is 0 Å². The maximum absolute atomic E-state index is 5.31. The second-order valence-corrected chi connectivity index (χ2v) is 2.76. The van der Waals surface area contributed by atoms with Crippen molar-refractivity contribution in [2.45, 2.75) is 20.8 Å². The van der Waals surface area contributed by atoms with Crippen LogP contribution in [0.25, 0.3) is 0 Å². The van der Waals surface area contributed by atoms with Crippen molar-refractivity contribution in [1.82, 2.24) is 0 Å². The first kappa shape index (κ1) is 16.0. The van der Waals surface area contributed by atoms with Gasteiger partial charge in [0, 0.05) is 0 Å². The Balaban J connectivity index is -0.000000125. The monoisotopic (exact) mass is 247 g/mol. The van der Waals surface area contributed by atoms with Crippen LogP contribution in [0.2, 0.25) is 0 Å². The van der Waals surface area contributed by atoms with Crippen LogP contribution in [-0.4, -0.2) is 6.54 Å². The number of rotatable bonds is 0. The molecule has 3 heteroatoms. The zero-order valence-electron chi connectivity index (χ0n) is 5.60. The molecular weight excluding hydrogens is 234 g/mol. The van der Waals surface area contributed by atoms with Gasteiger partial charge in [0.25, 0.3) is 0 Å². The van der Waals surface area contributed by atoms with E-state index in [0.29, 0.717) is 5.41 Å². The molecule has 0 saturated carbocycles. The maximum Gasteiger partial charge on any atom is -0.00285 e. The SMILES string of the molecule is Br.Br.CC(C)(C)CN. The van der Waals surface area contributed by atoms with E-state index in [9.17, 15) is 0 Å². The summed E-state index contributed by atoms with van der Waals surface area (Å²) in [6.45, 7) is 7.12. The minimum absolute atomic E-state index is 0. The van der Waals surface area contributed by atoms with E-state index in [1.54, 1.807) is 0 Å². The molecule has 0 aromatic heterocycles. The van der Waals surface area contributed by atoms with E-state index in [1.165, 1.54) is 0 Å². The third-order valence-electron chi connectivity index (χ3n) is 0.612.